The van der Waals surface area contributed by atoms with Crippen LogP contribution in [0.2, 0.25) is 0 Å². The molecule has 1 nitrogen and oxygen atoms in total. The Labute approximate surface area is 56.7 Å². The predicted octanol–water partition coefficient (Wildman–Crippen LogP) is 1.89. The van der Waals surface area contributed by atoms with Crippen LogP contribution < -0.4 is 0 Å². The van der Waals surface area contributed by atoms with Gasteiger partial charge < -0.3 is 5.11 Å². The molecule has 52 valence electrons. The molecule has 0 aliphatic carbocycles. The van der Waals surface area contributed by atoms with Crippen molar-refractivity contribution in [2.75, 3.05) is 0 Å². The van der Waals surface area contributed by atoms with E-state index in [0.29, 0.717) is 6.42 Å². The minimum absolute atomic E-state index is 0.360. The smallest absolute Gasteiger partial charge is 0.0779 e. The molecule has 0 amide bonds. The summed E-state index contributed by atoms with van der Waals surface area (Å²) in [4.78, 5) is 0. The Morgan fingerprint density at radius 1 is 1.78 bits per heavy atom. The van der Waals surface area contributed by atoms with Crippen LogP contribution in [0, 0.1) is 0 Å². The molecule has 1 N–H and O–H groups in total. The molecule has 0 fully saturated rings. The van der Waals surface area contributed by atoms with E-state index in [4.69, 9.17) is 5.11 Å². The zero-order valence-corrected chi connectivity index (χ0v) is 6.09. The highest BCUT2D eigenvalue weighted by molar-refractivity contribution is 5.00. The maximum absolute atomic E-state index is 9.11. The quantitative estimate of drug-likeness (QED) is 0.572. The highest BCUT2D eigenvalue weighted by Crippen LogP contribution is 2.02. The van der Waals surface area contributed by atoms with Gasteiger partial charge in [-0.2, -0.15) is 0 Å². The van der Waals surface area contributed by atoms with Crippen molar-refractivity contribution >= 4 is 0 Å². The maximum Gasteiger partial charge on any atom is 0.0779 e. The van der Waals surface area contributed by atoms with Gasteiger partial charge in [-0.1, -0.05) is 24.3 Å². The topological polar surface area (TPSA) is 20.2 Å². The van der Waals surface area contributed by atoms with Crippen LogP contribution in [0.1, 0.15) is 20.3 Å². The summed E-state index contributed by atoms with van der Waals surface area (Å²) in [7, 11) is 0. The molecule has 1 heteroatoms. The second kappa shape index (κ2) is 4.33. The lowest BCUT2D eigenvalue weighted by Gasteiger charge is -2.04. The summed E-state index contributed by atoms with van der Waals surface area (Å²) in [6.45, 7) is 7.39. The molecule has 0 aliphatic rings. The first kappa shape index (κ1) is 8.44. The van der Waals surface area contributed by atoms with E-state index in [1.165, 1.54) is 0 Å². The average molecular weight is 126 g/mol. The minimum Gasteiger partial charge on any atom is -0.388 e. The van der Waals surface area contributed by atoms with Crippen LogP contribution in [0.5, 0.6) is 0 Å². The van der Waals surface area contributed by atoms with Gasteiger partial charge in [0.05, 0.1) is 6.10 Å². The Hall–Kier alpha value is -0.560. The van der Waals surface area contributed by atoms with Crippen LogP contribution in [-0.2, 0) is 0 Å². The second-order valence-corrected chi connectivity index (χ2v) is 2.17. The predicted molar refractivity (Wildman–Crippen MR) is 40.3 cm³/mol. The fraction of sp³-hybridized carbons (Fsp3) is 0.500. The Bertz CT molecular complexity index is 114. The number of allylic oxidation sites excluding steroid dienone is 1. The van der Waals surface area contributed by atoms with Gasteiger partial charge in [0.1, 0.15) is 0 Å². The van der Waals surface area contributed by atoms with Crippen LogP contribution in [0.3, 0.4) is 0 Å². The summed E-state index contributed by atoms with van der Waals surface area (Å²) in [6, 6.07) is 0. The Morgan fingerprint density at radius 3 is 2.67 bits per heavy atom. The molecular formula is C8H14O. The van der Waals surface area contributed by atoms with Crippen LogP contribution in [0.25, 0.3) is 0 Å². The first-order valence-corrected chi connectivity index (χ1v) is 3.13. The molecule has 0 aromatic heterocycles. The molecule has 0 rings (SSSR count). The maximum atomic E-state index is 9.11. The van der Waals surface area contributed by atoms with Crippen molar-refractivity contribution in [1.29, 1.82) is 0 Å². The molecule has 0 aromatic carbocycles. The first-order chi connectivity index (χ1) is 4.18. The van der Waals surface area contributed by atoms with E-state index in [0.717, 1.165) is 5.57 Å². The third-order valence-corrected chi connectivity index (χ3v) is 1.16. The molecule has 0 heterocycles. The molecule has 0 aliphatic heterocycles. The fourth-order valence-electron chi connectivity index (χ4n) is 0.466. The molecule has 0 spiro atoms. The summed E-state index contributed by atoms with van der Waals surface area (Å²) in [5.41, 5.74) is 0.827. The monoisotopic (exact) mass is 126 g/mol. The van der Waals surface area contributed by atoms with Gasteiger partial charge in [0.15, 0.2) is 0 Å². The van der Waals surface area contributed by atoms with E-state index in [1.54, 1.807) is 0 Å². The fourth-order valence-corrected chi connectivity index (χ4v) is 0.466. The number of aliphatic hydroxyl groups excluding tert-OH is 1. The van der Waals surface area contributed by atoms with Crippen LogP contribution >= 0.6 is 0 Å². The third-order valence-electron chi connectivity index (χ3n) is 1.16. The number of hydrogen-bond acceptors (Lipinski definition) is 1. The number of hydrogen-bond donors (Lipinski definition) is 1. The summed E-state index contributed by atoms with van der Waals surface area (Å²) < 4.78 is 0. The lowest BCUT2D eigenvalue weighted by Crippen LogP contribution is -2.04. The van der Waals surface area contributed by atoms with Gasteiger partial charge in [-0.25, -0.2) is 0 Å². The van der Waals surface area contributed by atoms with Crippen LogP contribution in [-0.4, -0.2) is 11.2 Å². The summed E-state index contributed by atoms with van der Waals surface area (Å²) in [5.74, 6) is 0. The zero-order chi connectivity index (χ0) is 7.28. The van der Waals surface area contributed by atoms with Gasteiger partial charge >= 0.3 is 0 Å². The standard InChI is InChI=1S/C8H14O/c1-4-5-6-8(9)7(2)3/h4-5,8-9H,2,6H2,1,3H3. The Balaban J connectivity index is 3.50. The molecule has 0 aromatic rings. The SMILES string of the molecule is C=C(C)C(O)CC=CC. The molecule has 0 saturated heterocycles. The van der Waals surface area contributed by atoms with E-state index in [1.807, 2.05) is 26.0 Å². The molecular weight excluding hydrogens is 112 g/mol. The summed E-state index contributed by atoms with van der Waals surface area (Å²) in [6.07, 6.45) is 4.18. The van der Waals surface area contributed by atoms with Crippen LogP contribution in [0.4, 0.5) is 0 Å². The summed E-state index contributed by atoms with van der Waals surface area (Å²) in [5, 5.41) is 9.11. The molecule has 0 saturated carbocycles. The molecule has 1 unspecified atom stereocenters. The lowest BCUT2D eigenvalue weighted by atomic mass is 10.1. The van der Waals surface area contributed by atoms with Crippen molar-refractivity contribution in [3.63, 3.8) is 0 Å². The molecule has 1 atom stereocenters. The van der Waals surface area contributed by atoms with E-state index < -0.39 is 0 Å². The Kier molecular flexibility index (Phi) is 4.06. The van der Waals surface area contributed by atoms with Crippen molar-refractivity contribution in [3.05, 3.63) is 24.3 Å². The van der Waals surface area contributed by atoms with Crippen molar-refractivity contribution in [3.8, 4) is 0 Å². The van der Waals surface area contributed by atoms with Gasteiger partial charge in [0.2, 0.25) is 0 Å². The molecule has 9 heavy (non-hydrogen) atoms. The first-order valence-electron chi connectivity index (χ1n) is 3.13. The van der Waals surface area contributed by atoms with E-state index in [2.05, 4.69) is 6.58 Å². The highest BCUT2D eigenvalue weighted by Gasteiger charge is 1.98. The second-order valence-electron chi connectivity index (χ2n) is 2.17. The summed E-state index contributed by atoms with van der Waals surface area (Å²) >= 11 is 0. The van der Waals surface area contributed by atoms with Crippen LogP contribution in [0.15, 0.2) is 24.3 Å². The minimum atomic E-state index is -0.360. The van der Waals surface area contributed by atoms with Gasteiger partial charge in [0, 0.05) is 0 Å². The zero-order valence-electron chi connectivity index (χ0n) is 6.09. The largest absolute Gasteiger partial charge is 0.388 e. The molecule has 0 bridgehead atoms. The normalized spacial score (nSPS) is 14.1. The van der Waals surface area contributed by atoms with E-state index >= 15 is 0 Å². The Morgan fingerprint density at radius 2 is 2.33 bits per heavy atom. The van der Waals surface area contributed by atoms with Gasteiger partial charge in [-0.3, -0.25) is 0 Å². The van der Waals surface area contributed by atoms with E-state index in [9.17, 15) is 0 Å². The van der Waals surface area contributed by atoms with Gasteiger partial charge in [-0.15, -0.1) is 0 Å². The average Bonchev–Trinajstić information content (AvgIpc) is 1.82. The van der Waals surface area contributed by atoms with Crippen molar-refractivity contribution < 1.29 is 5.11 Å². The third kappa shape index (κ3) is 3.98. The van der Waals surface area contributed by atoms with Crippen molar-refractivity contribution in [1.82, 2.24) is 0 Å². The van der Waals surface area contributed by atoms with Gasteiger partial charge in [-0.05, 0) is 20.3 Å². The van der Waals surface area contributed by atoms with Gasteiger partial charge in [0.25, 0.3) is 0 Å². The van der Waals surface area contributed by atoms with Crippen molar-refractivity contribution in [2.24, 2.45) is 0 Å². The molecule has 0 radical (unpaired) electrons. The lowest BCUT2D eigenvalue weighted by molar-refractivity contribution is 0.215. The van der Waals surface area contributed by atoms with E-state index in [-0.39, 0.29) is 6.10 Å². The number of rotatable bonds is 3. The highest BCUT2D eigenvalue weighted by atomic mass is 16.3. The number of aliphatic hydroxyl groups is 1. The van der Waals surface area contributed by atoms with Crippen molar-refractivity contribution in [2.45, 2.75) is 26.4 Å².